The Labute approximate surface area is 170 Å². The molecule has 9 nitrogen and oxygen atoms in total. The number of hydrogen-bond donors (Lipinski definition) is 3. The quantitative estimate of drug-likeness (QED) is 0.553. The van der Waals surface area contributed by atoms with Crippen molar-refractivity contribution in [1.29, 1.82) is 0 Å². The van der Waals surface area contributed by atoms with Gasteiger partial charge in [-0.2, -0.15) is 0 Å². The molecule has 1 aromatic rings. The minimum absolute atomic E-state index is 0.0317. The number of urea groups is 1. The summed E-state index contributed by atoms with van der Waals surface area (Å²) in [6, 6.07) is 6.20. The molecule has 1 fully saturated rings. The van der Waals surface area contributed by atoms with Crippen LogP contribution in [0.5, 0.6) is 0 Å². The van der Waals surface area contributed by atoms with Gasteiger partial charge in [0, 0.05) is 12.6 Å². The summed E-state index contributed by atoms with van der Waals surface area (Å²) < 4.78 is 28.1. The Morgan fingerprint density at radius 3 is 2.38 bits per heavy atom. The van der Waals surface area contributed by atoms with Gasteiger partial charge in [-0.15, -0.1) is 0 Å². The Balaban J connectivity index is 1.79. The molecule has 1 aromatic carbocycles. The number of amides is 3. The zero-order chi connectivity index (χ0) is 21.7. The van der Waals surface area contributed by atoms with Gasteiger partial charge >= 0.3 is 12.0 Å². The van der Waals surface area contributed by atoms with Crippen LogP contribution in [0.1, 0.15) is 43.1 Å². The summed E-state index contributed by atoms with van der Waals surface area (Å²) in [6.07, 6.45) is 0.333. The summed E-state index contributed by atoms with van der Waals surface area (Å²) in [5, 5.41) is 8.03. The maximum Gasteiger partial charge on any atom is 0.338 e. The van der Waals surface area contributed by atoms with Crippen molar-refractivity contribution in [1.82, 2.24) is 16.0 Å². The molecule has 0 radical (unpaired) electrons. The van der Waals surface area contributed by atoms with Crippen LogP contribution in [-0.2, 0) is 25.9 Å². The molecule has 0 aromatic heterocycles. The van der Waals surface area contributed by atoms with Crippen molar-refractivity contribution in [2.75, 3.05) is 18.1 Å². The van der Waals surface area contributed by atoms with Crippen LogP contribution >= 0.6 is 0 Å². The van der Waals surface area contributed by atoms with E-state index in [2.05, 4.69) is 16.0 Å². The average Bonchev–Trinajstić information content (AvgIpc) is 2.90. The molecule has 2 rings (SSSR count). The van der Waals surface area contributed by atoms with Crippen molar-refractivity contribution >= 4 is 27.7 Å². The fourth-order valence-electron chi connectivity index (χ4n) is 2.95. The molecule has 160 valence electrons. The summed E-state index contributed by atoms with van der Waals surface area (Å²) in [5.74, 6) is -1.30. The SMILES string of the molecule is CC(C)NC(=O)NCc1ccc(C(=O)OCC(=O)N[C@@]2(C)CCS(=O)(=O)C2)cc1. The molecule has 0 aliphatic carbocycles. The maximum absolute atomic E-state index is 12.1. The molecule has 29 heavy (non-hydrogen) atoms. The summed E-state index contributed by atoms with van der Waals surface area (Å²) >= 11 is 0. The third kappa shape index (κ3) is 7.37. The first-order valence-corrected chi connectivity index (χ1v) is 11.1. The summed E-state index contributed by atoms with van der Waals surface area (Å²) in [6.45, 7) is 5.18. The van der Waals surface area contributed by atoms with Crippen LogP contribution in [0.25, 0.3) is 0 Å². The van der Waals surface area contributed by atoms with Crippen LogP contribution in [0.4, 0.5) is 4.79 Å². The van der Waals surface area contributed by atoms with Gasteiger partial charge in [0.25, 0.3) is 5.91 Å². The third-order valence-corrected chi connectivity index (χ3v) is 6.24. The summed E-state index contributed by atoms with van der Waals surface area (Å²) in [7, 11) is -3.15. The van der Waals surface area contributed by atoms with Gasteiger partial charge in [0.1, 0.15) is 0 Å². The predicted molar refractivity (Wildman–Crippen MR) is 107 cm³/mol. The van der Waals surface area contributed by atoms with Crippen molar-refractivity contribution in [2.45, 2.75) is 45.3 Å². The summed E-state index contributed by atoms with van der Waals surface area (Å²) in [4.78, 5) is 35.7. The van der Waals surface area contributed by atoms with E-state index in [-0.39, 0.29) is 29.1 Å². The first kappa shape index (κ1) is 22.7. The Kier molecular flexibility index (Phi) is 7.23. The largest absolute Gasteiger partial charge is 0.452 e. The van der Waals surface area contributed by atoms with Gasteiger partial charge < -0.3 is 20.7 Å². The van der Waals surface area contributed by atoms with Crippen LogP contribution in [0.2, 0.25) is 0 Å². The lowest BCUT2D eigenvalue weighted by Gasteiger charge is -2.23. The standard InChI is InChI=1S/C19H27N3O6S/c1-13(2)21-18(25)20-10-14-4-6-15(7-5-14)17(24)28-11-16(23)22-19(3)8-9-29(26,27)12-19/h4-7,13H,8-12H2,1-3H3,(H,22,23)(H2,20,21,25)/t19-/m0/s1. The van der Waals surface area contributed by atoms with Gasteiger partial charge in [-0.3, -0.25) is 4.79 Å². The van der Waals surface area contributed by atoms with E-state index in [1.54, 1.807) is 31.2 Å². The maximum atomic E-state index is 12.1. The minimum Gasteiger partial charge on any atom is -0.452 e. The smallest absolute Gasteiger partial charge is 0.338 e. The number of rotatable bonds is 7. The lowest BCUT2D eigenvalue weighted by Crippen LogP contribution is -2.48. The van der Waals surface area contributed by atoms with Crippen molar-refractivity contribution in [3.05, 3.63) is 35.4 Å². The van der Waals surface area contributed by atoms with Gasteiger partial charge in [0.2, 0.25) is 0 Å². The van der Waals surface area contributed by atoms with Crippen molar-refractivity contribution in [3.63, 3.8) is 0 Å². The Morgan fingerprint density at radius 1 is 1.17 bits per heavy atom. The van der Waals surface area contributed by atoms with E-state index < -0.39 is 33.9 Å². The van der Waals surface area contributed by atoms with Crippen LogP contribution < -0.4 is 16.0 Å². The van der Waals surface area contributed by atoms with E-state index in [0.29, 0.717) is 13.0 Å². The van der Waals surface area contributed by atoms with E-state index in [1.807, 2.05) is 13.8 Å². The minimum atomic E-state index is -3.15. The van der Waals surface area contributed by atoms with Gasteiger partial charge in [-0.05, 0) is 44.9 Å². The highest BCUT2D eigenvalue weighted by Gasteiger charge is 2.39. The monoisotopic (exact) mass is 425 g/mol. The fourth-order valence-corrected chi connectivity index (χ4v) is 5.04. The number of ether oxygens (including phenoxy) is 1. The number of hydrogen-bond acceptors (Lipinski definition) is 6. The molecule has 1 atom stereocenters. The normalized spacial score (nSPS) is 20.1. The van der Waals surface area contributed by atoms with Gasteiger partial charge in [-0.1, -0.05) is 12.1 Å². The third-order valence-electron chi connectivity index (χ3n) is 4.34. The molecule has 3 amide bonds. The van der Waals surface area contributed by atoms with E-state index in [1.165, 1.54) is 0 Å². The number of esters is 1. The zero-order valence-corrected chi connectivity index (χ0v) is 17.6. The number of sulfone groups is 1. The number of nitrogens with one attached hydrogen (secondary N) is 3. The van der Waals surface area contributed by atoms with Gasteiger partial charge in [0.05, 0.1) is 22.6 Å². The molecule has 1 aliphatic rings. The Hall–Kier alpha value is -2.62. The summed E-state index contributed by atoms with van der Waals surface area (Å²) in [5.41, 5.74) is 0.232. The molecule has 0 spiro atoms. The molecule has 1 heterocycles. The van der Waals surface area contributed by atoms with Crippen LogP contribution in [-0.4, -0.2) is 56.0 Å². The first-order valence-electron chi connectivity index (χ1n) is 9.30. The predicted octanol–water partition coefficient (Wildman–Crippen LogP) is 0.744. The highest BCUT2D eigenvalue weighted by Crippen LogP contribution is 2.22. The Bertz CT molecular complexity index is 866. The molecule has 1 saturated heterocycles. The lowest BCUT2D eigenvalue weighted by molar-refractivity contribution is -0.125. The molecule has 0 bridgehead atoms. The highest BCUT2D eigenvalue weighted by atomic mass is 32.2. The van der Waals surface area contributed by atoms with Crippen molar-refractivity contribution in [3.8, 4) is 0 Å². The van der Waals surface area contributed by atoms with Crippen LogP contribution in [0, 0.1) is 0 Å². The highest BCUT2D eigenvalue weighted by molar-refractivity contribution is 7.91. The zero-order valence-electron chi connectivity index (χ0n) is 16.8. The Morgan fingerprint density at radius 2 is 1.83 bits per heavy atom. The van der Waals surface area contributed by atoms with Crippen LogP contribution in [0.3, 0.4) is 0 Å². The molecule has 10 heteroatoms. The second kappa shape index (κ2) is 9.25. The molecule has 0 saturated carbocycles. The second-order valence-electron chi connectivity index (χ2n) is 7.71. The second-order valence-corrected chi connectivity index (χ2v) is 9.89. The molecule has 1 aliphatic heterocycles. The van der Waals surface area contributed by atoms with Crippen LogP contribution in [0.15, 0.2) is 24.3 Å². The number of carbonyl (C=O) groups excluding carboxylic acids is 3. The molecular weight excluding hydrogens is 398 g/mol. The van der Waals surface area contributed by atoms with E-state index >= 15 is 0 Å². The van der Waals surface area contributed by atoms with E-state index in [9.17, 15) is 22.8 Å². The van der Waals surface area contributed by atoms with Gasteiger partial charge in [0.15, 0.2) is 16.4 Å². The van der Waals surface area contributed by atoms with Gasteiger partial charge in [-0.25, -0.2) is 18.0 Å². The first-order chi connectivity index (χ1) is 13.5. The van der Waals surface area contributed by atoms with E-state index in [4.69, 9.17) is 4.74 Å². The lowest BCUT2D eigenvalue weighted by atomic mass is 10.0. The molecule has 0 unspecified atom stereocenters. The molecule has 3 N–H and O–H groups in total. The number of benzene rings is 1. The topological polar surface area (TPSA) is 131 Å². The fraction of sp³-hybridized carbons (Fsp3) is 0.526. The van der Waals surface area contributed by atoms with Crippen molar-refractivity contribution in [2.24, 2.45) is 0 Å². The average molecular weight is 426 g/mol. The number of carbonyl (C=O) groups is 3. The van der Waals surface area contributed by atoms with E-state index in [0.717, 1.165) is 5.56 Å². The van der Waals surface area contributed by atoms with Crippen molar-refractivity contribution < 1.29 is 27.5 Å². The molecular formula is C19H27N3O6S.